The van der Waals surface area contributed by atoms with Crippen LogP contribution < -0.4 is 21.9 Å². The zero-order chi connectivity index (χ0) is 52.5. The van der Waals surface area contributed by atoms with Gasteiger partial charge < -0.3 is 26.6 Å². The van der Waals surface area contributed by atoms with Gasteiger partial charge in [0.05, 0.1) is 0 Å². The fourth-order valence-electron chi connectivity index (χ4n) is 6.93. The first-order valence-corrected chi connectivity index (χ1v) is 23.6. The maximum absolute atomic E-state index is 15.4. The first-order valence-electron chi connectivity index (χ1n) is 19.9. The predicted octanol–water partition coefficient (Wildman–Crippen LogP) is 8.88. The number of hydrogen-bond acceptors (Lipinski definition) is 3. The molecule has 1 saturated heterocycles. The number of likely N-dealkylation sites (N-methyl/N-ethyl adjacent to an activating group) is 2. The van der Waals surface area contributed by atoms with E-state index in [1.54, 1.807) is 0 Å². The summed E-state index contributed by atoms with van der Waals surface area (Å²) in [7, 11) is 3.58. The number of hydrogen-bond donors (Lipinski definition) is 0. The second kappa shape index (κ2) is 24.0. The Balaban J connectivity index is 0.000000564. The third kappa shape index (κ3) is 13.2. The molecule has 1 fully saturated rings. The molecule has 0 N–H and O–H groups in total. The normalized spacial score (nSPS) is 14.6. The summed E-state index contributed by atoms with van der Waals surface area (Å²) in [6, 6.07) is 0. The van der Waals surface area contributed by atoms with Gasteiger partial charge in [0.25, 0.3) is 0 Å². The van der Waals surface area contributed by atoms with E-state index in [1.807, 2.05) is 0 Å². The van der Waals surface area contributed by atoms with Crippen molar-refractivity contribution in [2.24, 2.45) is 0 Å². The molecule has 0 aromatic heterocycles. The van der Waals surface area contributed by atoms with Gasteiger partial charge in [-0.25, -0.2) is 87.8 Å². The van der Waals surface area contributed by atoms with Crippen LogP contribution in [-0.4, -0.2) is 101 Å². The molecule has 27 heteroatoms. The molecule has 0 bridgehead atoms. The summed E-state index contributed by atoms with van der Waals surface area (Å²) in [6.07, 6.45) is -7.22. The zero-order valence-electron chi connectivity index (χ0n) is 37.9. The van der Waals surface area contributed by atoms with Gasteiger partial charge >= 0.3 is 32.7 Å². The number of rotatable bonds is 7. The first kappa shape index (κ1) is 61.8. The summed E-state index contributed by atoms with van der Waals surface area (Å²) in [5.41, 5.74) is -14.2. The van der Waals surface area contributed by atoms with E-state index in [9.17, 15) is 52.7 Å². The van der Waals surface area contributed by atoms with E-state index in [0.29, 0.717) is 0 Å². The van der Waals surface area contributed by atoms with Crippen LogP contribution in [0.25, 0.3) is 5.32 Å². The van der Waals surface area contributed by atoms with Gasteiger partial charge in [-0.1, -0.05) is 40.4 Å². The molecular weight excluding hydrogens is 1070 g/mol. The van der Waals surface area contributed by atoms with Gasteiger partial charge in [0.15, 0.2) is 69.8 Å². The molecule has 5 rings (SSSR count). The molecule has 4 aromatic rings. The van der Waals surface area contributed by atoms with E-state index < -0.39 is 152 Å². The zero-order valence-corrected chi connectivity index (χ0v) is 41.7. The molecule has 0 unspecified atom stereocenters. The number of nitrogens with zero attached hydrogens (tertiary/aromatic N) is 4. The Morgan fingerprint density at radius 2 is 0.580 bits per heavy atom. The van der Waals surface area contributed by atoms with Gasteiger partial charge in [0, 0.05) is 39.3 Å². The molecule has 69 heavy (non-hydrogen) atoms. The summed E-state index contributed by atoms with van der Waals surface area (Å²) >= 11 is 0. The standard InChI is InChI=1S/C24BF20.C14H31N4.C4H11Si.Y/c26-5-1(6(27)14(35)21(42)13(5)34)25(2-7(28)15(36)22(43)16(37)8(2)29,3-9(30)17(38)23(44)18(39)10(3)31)4-11(32)19(40)24(45)20(41)12(4)33;1-14(2,3)15-6-7-18-12-10-16(4)8-9-17(5)11-13-18;1-5(2,3)4;/h;6-13H2,1-5H3;1H2,2-4H3;/q3*-1;+3. The second-order valence-corrected chi connectivity index (χ2v) is 23.0. The van der Waals surface area contributed by atoms with E-state index in [1.165, 1.54) is 39.3 Å². The SMILES string of the molecule is CN1CCN(C)CCN(CC[N-]C(C)(C)C)CC1.Fc1c(F)c(F)c([B-](c2c(F)c(F)c(F)c(F)c2F)(c2c(F)c(F)c(F)c(F)c2F)c2c(F)c(F)c(F)c(F)c2F)c(F)c1F.[CH2-][Si](C)(C)C.[Y+3]. The van der Waals surface area contributed by atoms with Crippen molar-refractivity contribution in [3.63, 3.8) is 0 Å². The van der Waals surface area contributed by atoms with Crippen LogP contribution in [0.3, 0.4) is 0 Å². The largest absolute Gasteiger partial charge is 3.00 e. The van der Waals surface area contributed by atoms with Gasteiger partial charge in [-0.15, -0.1) is 42.0 Å². The van der Waals surface area contributed by atoms with Crippen LogP contribution >= 0.6 is 0 Å². The molecule has 1 aliphatic heterocycles. The second-order valence-electron chi connectivity index (χ2n) is 17.9. The minimum atomic E-state index is -7.22. The summed E-state index contributed by atoms with van der Waals surface area (Å²) in [4.78, 5) is 7.40. The minimum absolute atomic E-state index is 0. The molecule has 0 atom stereocenters. The molecule has 0 radical (unpaired) electrons. The van der Waals surface area contributed by atoms with Gasteiger partial charge in [-0.05, 0) is 20.6 Å². The van der Waals surface area contributed by atoms with Gasteiger partial charge in [0.1, 0.15) is 52.7 Å². The molecule has 4 nitrogen and oxygen atoms in total. The average Bonchev–Trinajstić information content (AvgIpc) is 3.32. The van der Waals surface area contributed by atoms with Crippen molar-refractivity contribution < 1.29 is 121 Å². The molecule has 1 heterocycles. The van der Waals surface area contributed by atoms with Crippen molar-refractivity contribution in [1.29, 1.82) is 0 Å². The van der Waals surface area contributed by atoms with Crippen molar-refractivity contribution >= 4 is 36.1 Å². The maximum atomic E-state index is 15.4. The van der Waals surface area contributed by atoms with Crippen molar-refractivity contribution in [2.45, 2.75) is 46.0 Å². The molecule has 0 spiro atoms. The van der Waals surface area contributed by atoms with Crippen LogP contribution in [0.15, 0.2) is 0 Å². The van der Waals surface area contributed by atoms with Crippen LogP contribution in [0.2, 0.25) is 19.6 Å². The van der Waals surface area contributed by atoms with Crippen molar-refractivity contribution in [1.82, 2.24) is 14.7 Å². The van der Waals surface area contributed by atoms with Gasteiger partial charge in [-0.3, -0.25) is 0 Å². The Kier molecular flexibility index (Phi) is 21.5. The van der Waals surface area contributed by atoms with Crippen molar-refractivity contribution in [3.05, 3.63) is 128 Å². The maximum Gasteiger partial charge on any atom is 3.00 e. The van der Waals surface area contributed by atoms with E-state index in [4.69, 9.17) is 5.32 Å². The van der Waals surface area contributed by atoms with Crippen LogP contribution in [0, 0.1) is 123 Å². The molecule has 0 amide bonds. The average molecular weight is 1110 g/mol. The van der Waals surface area contributed by atoms with E-state index in [2.05, 4.69) is 75.8 Å². The predicted molar refractivity (Wildman–Crippen MR) is 217 cm³/mol. The summed E-state index contributed by atoms with van der Waals surface area (Å²) in [5.74, 6) is -71.4. The van der Waals surface area contributed by atoms with Crippen LogP contribution in [0.1, 0.15) is 20.8 Å². The van der Waals surface area contributed by atoms with E-state index >= 15 is 35.1 Å². The van der Waals surface area contributed by atoms with E-state index in [-0.39, 0.29) is 38.2 Å². The Morgan fingerprint density at radius 3 is 0.768 bits per heavy atom. The fraction of sp³-hybridized carbons (Fsp3) is 0.405. The molecule has 0 saturated carbocycles. The van der Waals surface area contributed by atoms with Crippen LogP contribution in [0.5, 0.6) is 0 Å². The van der Waals surface area contributed by atoms with E-state index in [0.717, 1.165) is 13.1 Å². The van der Waals surface area contributed by atoms with Crippen molar-refractivity contribution in [3.8, 4) is 0 Å². The van der Waals surface area contributed by atoms with Crippen LogP contribution in [0.4, 0.5) is 87.8 Å². The van der Waals surface area contributed by atoms with Crippen molar-refractivity contribution in [2.75, 3.05) is 66.5 Å². The quantitative estimate of drug-likeness (QED) is 0.0609. The minimum Gasteiger partial charge on any atom is -0.656 e. The Bertz CT molecular complexity index is 2100. The number of benzene rings is 4. The first-order chi connectivity index (χ1) is 31.1. The Morgan fingerprint density at radius 1 is 0.406 bits per heavy atom. The Labute approximate surface area is 410 Å². The Hall–Kier alpha value is -3.29. The molecular formula is C42H42BF20N4SiY. The third-order valence-electron chi connectivity index (χ3n) is 10.2. The monoisotopic (exact) mass is 1110 g/mol. The molecule has 380 valence electrons. The van der Waals surface area contributed by atoms with Gasteiger partial charge in [-0.2, -0.15) is 0 Å². The smallest absolute Gasteiger partial charge is 0.656 e. The van der Waals surface area contributed by atoms with Crippen LogP contribution in [-0.2, 0) is 32.7 Å². The van der Waals surface area contributed by atoms with Gasteiger partial charge in [0.2, 0.25) is 0 Å². The summed E-state index contributed by atoms with van der Waals surface area (Å²) in [6.45, 7) is 26.2. The fourth-order valence-corrected chi connectivity index (χ4v) is 6.93. The molecule has 1 aliphatic rings. The molecule has 0 aliphatic carbocycles. The molecule has 4 aromatic carbocycles. The number of halogens is 20. The topological polar surface area (TPSA) is 23.8 Å². The third-order valence-corrected chi connectivity index (χ3v) is 10.2. The summed E-state index contributed by atoms with van der Waals surface area (Å²) in [5, 5.41) is 4.70. The summed E-state index contributed by atoms with van der Waals surface area (Å²) < 4.78 is 294.